The topological polar surface area (TPSA) is 47.8 Å². The number of halogens is 2. The third-order valence-corrected chi connectivity index (χ3v) is 2.71. The fourth-order valence-electron chi connectivity index (χ4n) is 1.88. The number of alkyl halides is 2. The minimum absolute atomic E-state index is 0.165. The van der Waals surface area contributed by atoms with Crippen LogP contribution in [0.3, 0.4) is 0 Å². The number of hydrogen-bond acceptors (Lipinski definition) is 3. The van der Waals surface area contributed by atoms with Crippen LogP contribution in [-0.2, 0) is 7.05 Å². The third kappa shape index (κ3) is 1.88. The molecule has 1 heterocycles. The summed E-state index contributed by atoms with van der Waals surface area (Å²) >= 11 is 0. The van der Waals surface area contributed by atoms with Crippen LogP contribution in [0, 0.1) is 5.92 Å². The molecule has 1 unspecified atom stereocenters. The van der Waals surface area contributed by atoms with E-state index in [1.165, 1.54) is 11.0 Å². The quantitative estimate of drug-likeness (QED) is 0.701. The van der Waals surface area contributed by atoms with Crippen molar-refractivity contribution >= 4 is 5.78 Å². The molecule has 0 bridgehead atoms. The summed E-state index contributed by atoms with van der Waals surface area (Å²) in [6, 6.07) is 0. The molecule has 1 aliphatic carbocycles. The van der Waals surface area contributed by atoms with Gasteiger partial charge in [0.1, 0.15) is 6.33 Å². The summed E-state index contributed by atoms with van der Waals surface area (Å²) in [6.45, 7) is 0. The Bertz CT molecular complexity index is 388. The average Bonchev–Trinajstić information content (AvgIpc) is 2.71. The molecule has 2 rings (SSSR count). The summed E-state index contributed by atoms with van der Waals surface area (Å²) in [5, 5.41) is 3.74. The van der Waals surface area contributed by atoms with Crippen molar-refractivity contribution in [3.63, 3.8) is 0 Å². The number of aryl methyl sites for hydroxylation is 1. The highest BCUT2D eigenvalue weighted by Crippen LogP contribution is 2.39. The van der Waals surface area contributed by atoms with Crippen LogP contribution in [0.15, 0.2) is 6.33 Å². The Hall–Kier alpha value is -1.33. The van der Waals surface area contributed by atoms with Gasteiger partial charge in [-0.15, -0.1) is 0 Å². The highest BCUT2D eigenvalue weighted by Gasteiger charge is 2.43. The van der Waals surface area contributed by atoms with Crippen LogP contribution in [0.25, 0.3) is 0 Å². The second-order valence-electron chi connectivity index (χ2n) is 3.87. The summed E-state index contributed by atoms with van der Waals surface area (Å²) in [5.74, 6) is -3.47. The van der Waals surface area contributed by atoms with Crippen molar-refractivity contribution in [1.29, 1.82) is 0 Å². The number of rotatable bonds is 2. The maximum Gasteiger partial charge on any atom is 0.248 e. The van der Waals surface area contributed by atoms with E-state index < -0.39 is 11.8 Å². The van der Waals surface area contributed by atoms with E-state index in [0.29, 0.717) is 0 Å². The highest BCUT2D eigenvalue weighted by atomic mass is 19.3. The van der Waals surface area contributed by atoms with E-state index in [1.807, 2.05) is 0 Å². The van der Waals surface area contributed by atoms with E-state index >= 15 is 0 Å². The Morgan fingerprint density at radius 2 is 2.40 bits per heavy atom. The zero-order valence-corrected chi connectivity index (χ0v) is 8.28. The predicted molar refractivity (Wildman–Crippen MR) is 47.6 cm³/mol. The van der Waals surface area contributed by atoms with Crippen molar-refractivity contribution in [2.75, 3.05) is 0 Å². The number of nitrogens with zero attached hydrogens (tertiary/aromatic N) is 3. The van der Waals surface area contributed by atoms with Crippen LogP contribution in [-0.4, -0.2) is 26.5 Å². The van der Waals surface area contributed by atoms with E-state index in [1.54, 1.807) is 7.05 Å². The fourth-order valence-corrected chi connectivity index (χ4v) is 1.88. The first-order valence-corrected chi connectivity index (χ1v) is 4.76. The first kappa shape index (κ1) is 10.2. The molecule has 82 valence electrons. The van der Waals surface area contributed by atoms with Crippen LogP contribution in [0.2, 0.25) is 0 Å². The van der Waals surface area contributed by atoms with Gasteiger partial charge < -0.3 is 0 Å². The Morgan fingerprint density at radius 1 is 1.67 bits per heavy atom. The van der Waals surface area contributed by atoms with Crippen molar-refractivity contribution in [2.45, 2.75) is 25.2 Å². The summed E-state index contributed by atoms with van der Waals surface area (Å²) < 4.78 is 27.1. The molecule has 0 aromatic carbocycles. The lowest BCUT2D eigenvalue weighted by molar-refractivity contribution is 0.00522. The van der Waals surface area contributed by atoms with E-state index in [0.717, 1.165) is 0 Å². The van der Waals surface area contributed by atoms with Gasteiger partial charge in [0.15, 0.2) is 5.82 Å². The monoisotopic (exact) mass is 215 g/mol. The fraction of sp³-hybridized carbons (Fsp3) is 0.667. The Morgan fingerprint density at radius 3 is 2.87 bits per heavy atom. The molecule has 6 heteroatoms. The molecule has 0 amide bonds. The van der Waals surface area contributed by atoms with Crippen LogP contribution in [0.5, 0.6) is 0 Å². The molecule has 0 saturated heterocycles. The lowest BCUT2D eigenvalue weighted by Gasteiger charge is -2.08. The average molecular weight is 215 g/mol. The molecular formula is C9H11F2N3O. The Balaban J connectivity index is 2.14. The molecule has 1 aromatic heterocycles. The molecule has 4 nitrogen and oxygen atoms in total. The van der Waals surface area contributed by atoms with E-state index in [9.17, 15) is 13.6 Å². The lowest BCUT2D eigenvalue weighted by Crippen LogP contribution is -2.19. The van der Waals surface area contributed by atoms with Gasteiger partial charge in [0.05, 0.1) is 0 Å². The van der Waals surface area contributed by atoms with Crippen molar-refractivity contribution in [1.82, 2.24) is 14.8 Å². The molecule has 1 aromatic rings. The molecule has 1 aliphatic rings. The van der Waals surface area contributed by atoms with Gasteiger partial charge in [0.25, 0.3) is 0 Å². The number of ketones is 1. The maximum atomic E-state index is 12.9. The normalized spacial score (nSPS) is 24.3. The SMILES string of the molecule is Cn1ncnc1C(=O)C1CCC(F)(F)C1. The number of carbonyl (C=O) groups is 1. The summed E-state index contributed by atoms with van der Waals surface area (Å²) in [4.78, 5) is 15.5. The molecule has 0 aliphatic heterocycles. The molecule has 0 N–H and O–H groups in total. The molecule has 1 fully saturated rings. The van der Waals surface area contributed by atoms with Gasteiger partial charge in [-0.3, -0.25) is 4.79 Å². The number of Topliss-reactive ketones (excluding diaryl/α,β-unsaturated/α-hetero) is 1. The maximum absolute atomic E-state index is 12.9. The lowest BCUT2D eigenvalue weighted by atomic mass is 10.0. The molecule has 1 saturated carbocycles. The first-order valence-electron chi connectivity index (χ1n) is 4.76. The van der Waals surface area contributed by atoms with Gasteiger partial charge >= 0.3 is 0 Å². The number of hydrogen-bond donors (Lipinski definition) is 0. The molecule has 0 radical (unpaired) electrons. The van der Waals surface area contributed by atoms with Gasteiger partial charge in [0, 0.05) is 25.8 Å². The smallest absolute Gasteiger partial charge is 0.248 e. The first-order chi connectivity index (χ1) is 6.99. The molecule has 1 atom stereocenters. The third-order valence-electron chi connectivity index (χ3n) is 2.71. The second kappa shape index (κ2) is 3.36. The minimum Gasteiger partial charge on any atom is -0.290 e. The van der Waals surface area contributed by atoms with Crippen LogP contribution in [0.4, 0.5) is 8.78 Å². The number of aromatic nitrogens is 3. The zero-order chi connectivity index (χ0) is 11.1. The van der Waals surface area contributed by atoms with Gasteiger partial charge in [-0.1, -0.05) is 0 Å². The summed E-state index contributed by atoms with van der Waals surface area (Å²) in [7, 11) is 1.58. The van der Waals surface area contributed by atoms with Gasteiger partial charge in [-0.05, 0) is 6.42 Å². The van der Waals surface area contributed by atoms with Gasteiger partial charge in [-0.25, -0.2) is 18.4 Å². The second-order valence-corrected chi connectivity index (χ2v) is 3.87. The van der Waals surface area contributed by atoms with Crippen LogP contribution in [0.1, 0.15) is 29.9 Å². The number of carbonyl (C=O) groups excluding carboxylic acids is 1. The zero-order valence-electron chi connectivity index (χ0n) is 8.28. The highest BCUT2D eigenvalue weighted by molar-refractivity contribution is 5.94. The molecule has 15 heavy (non-hydrogen) atoms. The standard InChI is InChI=1S/C9H11F2N3O/c1-14-8(12-5-13-14)7(15)6-2-3-9(10,11)4-6/h5-6H,2-4H2,1H3. The van der Waals surface area contributed by atoms with Crippen molar-refractivity contribution in [3.05, 3.63) is 12.2 Å². The van der Waals surface area contributed by atoms with E-state index in [2.05, 4.69) is 10.1 Å². The summed E-state index contributed by atoms with van der Waals surface area (Å²) in [5.41, 5.74) is 0. The van der Waals surface area contributed by atoms with Crippen molar-refractivity contribution < 1.29 is 13.6 Å². The van der Waals surface area contributed by atoms with E-state index in [4.69, 9.17) is 0 Å². The molecular weight excluding hydrogens is 204 g/mol. The van der Waals surface area contributed by atoms with Gasteiger partial charge in [-0.2, -0.15) is 5.10 Å². The summed E-state index contributed by atoms with van der Waals surface area (Å²) in [6.07, 6.45) is 0.916. The Kier molecular flexibility index (Phi) is 2.28. The molecule has 0 spiro atoms. The van der Waals surface area contributed by atoms with Crippen molar-refractivity contribution in [2.24, 2.45) is 13.0 Å². The van der Waals surface area contributed by atoms with Gasteiger partial charge in [0.2, 0.25) is 11.7 Å². The van der Waals surface area contributed by atoms with Crippen molar-refractivity contribution in [3.8, 4) is 0 Å². The Labute approximate surface area is 85.3 Å². The van der Waals surface area contributed by atoms with Crippen LogP contribution >= 0.6 is 0 Å². The van der Waals surface area contributed by atoms with E-state index in [-0.39, 0.29) is 30.9 Å². The minimum atomic E-state index is -2.70. The predicted octanol–water partition coefficient (Wildman–Crippen LogP) is 1.43. The van der Waals surface area contributed by atoms with Crippen LogP contribution < -0.4 is 0 Å². The largest absolute Gasteiger partial charge is 0.290 e.